The number of aryl methyl sites for hydroxylation is 1. The first-order chi connectivity index (χ1) is 32.1. The second kappa shape index (κ2) is 18.9. The second-order valence-corrected chi connectivity index (χ2v) is 23.0. The lowest BCUT2D eigenvalue weighted by Crippen LogP contribution is -2.55. The number of hydrogen-bond acceptors (Lipinski definition) is 13. The van der Waals surface area contributed by atoms with Crippen molar-refractivity contribution in [1.82, 2.24) is 30.1 Å². The number of nitrogens with one attached hydrogen (secondary N) is 3. The first-order valence-corrected chi connectivity index (χ1v) is 26.7. The summed E-state index contributed by atoms with van der Waals surface area (Å²) in [4.78, 5) is 61.6. The summed E-state index contributed by atoms with van der Waals surface area (Å²) in [6.45, 7) is 16.6. The smallest absolute Gasteiger partial charge is 0.249 e. The van der Waals surface area contributed by atoms with Crippen molar-refractivity contribution in [2.75, 3.05) is 86.7 Å². The molecule has 17 heteroatoms. The molecule has 15 nitrogen and oxygen atoms in total. The number of anilines is 6. The van der Waals surface area contributed by atoms with Gasteiger partial charge in [-0.25, -0.2) is 4.98 Å². The van der Waals surface area contributed by atoms with Crippen LogP contribution in [0.3, 0.4) is 0 Å². The van der Waals surface area contributed by atoms with Crippen LogP contribution in [0.25, 0.3) is 10.9 Å². The molecule has 0 spiro atoms. The van der Waals surface area contributed by atoms with Gasteiger partial charge in [-0.1, -0.05) is 37.3 Å². The summed E-state index contributed by atoms with van der Waals surface area (Å²) in [5.41, 5.74) is 6.76. The molecule has 0 radical (unpaired) electrons. The number of ether oxygens (including phenoxy) is 1. The van der Waals surface area contributed by atoms with Crippen LogP contribution in [0.15, 0.2) is 71.5 Å². The van der Waals surface area contributed by atoms with E-state index < -0.39 is 24.5 Å². The Balaban J connectivity index is 0.799. The molecule has 3 fully saturated rings. The molecule has 1 atom stereocenters. The summed E-state index contributed by atoms with van der Waals surface area (Å²) in [5.74, 6) is 0.828. The summed E-state index contributed by atoms with van der Waals surface area (Å²) in [5, 5.41) is 10.8. The summed E-state index contributed by atoms with van der Waals surface area (Å²) in [7, 11) is -1.03. The largest absolute Gasteiger partial charge is 0.494 e. The fourth-order valence-corrected chi connectivity index (χ4v) is 12.1. The number of halogens is 1. The predicted octanol–water partition coefficient (Wildman–Crippen LogP) is 7.35. The maximum atomic E-state index is 13.6. The van der Waals surface area contributed by atoms with Gasteiger partial charge in [-0.05, 0) is 110 Å². The minimum atomic E-state index is -2.72. The highest BCUT2D eigenvalue weighted by molar-refractivity contribution is 9.10. The number of methoxy groups -OCH3 is 1. The topological polar surface area (TPSA) is 165 Å². The van der Waals surface area contributed by atoms with Crippen molar-refractivity contribution in [3.63, 3.8) is 0 Å². The molecule has 3 amide bonds. The van der Waals surface area contributed by atoms with Crippen molar-refractivity contribution in [1.29, 1.82) is 0 Å². The molecule has 3 saturated heterocycles. The molecular weight excluding hydrogens is 931 g/mol. The zero-order valence-corrected chi connectivity index (χ0v) is 41.7. The van der Waals surface area contributed by atoms with Crippen LogP contribution >= 0.6 is 23.1 Å². The van der Waals surface area contributed by atoms with Crippen LogP contribution in [0.5, 0.6) is 5.75 Å². The van der Waals surface area contributed by atoms with E-state index in [-0.39, 0.29) is 18.2 Å². The maximum Gasteiger partial charge on any atom is 0.249 e. The Kier molecular flexibility index (Phi) is 13.2. The Bertz CT molecular complexity index is 2780. The minimum Gasteiger partial charge on any atom is -0.494 e. The van der Waals surface area contributed by atoms with Gasteiger partial charge >= 0.3 is 0 Å². The molecule has 5 aromatic rings. The van der Waals surface area contributed by atoms with Gasteiger partial charge < -0.3 is 29.7 Å². The second-order valence-electron chi connectivity index (χ2n) is 19.0. The number of benzene rings is 3. The molecule has 4 aliphatic heterocycles. The number of nitrogens with zero attached hydrogens (tertiary/aromatic N) is 7. The number of hydrogen-bond donors (Lipinski definition) is 3. The molecule has 4 aliphatic rings. The zero-order valence-electron chi connectivity index (χ0n) is 39.2. The third-order valence-electron chi connectivity index (χ3n) is 14.0. The van der Waals surface area contributed by atoms with E-state index in [4.69, 9.17) is 9.72 Å². The Hall–Kier alpha value is -5.41. The highest BCUT2D eigenvalue weighted by Gasteiger charge is 2.49. The van der Waals surface area contributed by atoms with Crippen LogP contribution in [-0.4, -0.2) is 121 Å². The molecule has 0 saturated carbocycles. The van der Waals surface area contributed by atoms with Crippen LogP contribution in [0.1, 0.15) is 63.1 Å². The first kappa shape index (κ1) is 46.7. The lowest BCUT2D eigenvalue weighted by molar-refractivity contribution is -0.136. The highest BCUT2D eigenvalue weighted by atomic mass is 79.9. The number of amides is 3. The van der Waals surface area contributed by atoms with E-state index in [1.54, 1.807) is 37.7 Å². The van der Waals surface area contributed by atoms with Gasteiger partial charge in [-0.2, -0.15) is 4.98 Å². The van der Waals surface area contributed by atoms with E-state index in [0.29, 0.717) is 40.1 Å². The molecule has 3 aromatic carbocycles. The molecule has 67 heavy (non-hydrogen) atoms. The van der Waals surface area contributed by atoms with Gasteiger partial charge in [0.1, 0.15) is 24.8 Å². The first-order valence-electron chi connectivity index (χ1n) is 23.4. The molecule has 2 aromatic heterocycles. The van der Waals surface area contributed by atoms with Crippen molar-refractivity contribution >= 4 is 91.5 Å². The summed E-state index contributed by atoms with van der Waals surface area (Å²) in [6, 6.07) is 18.1. The van der Waals surface area contributed by atoms with E-state index in [0.717, 1.165) is 105 Å². The number of para-hydroxylation sites is 1. The lowest BCUT2D eigenvalue weighted by atomic mass is 9.85. The third kappa shape index (κ3) is 9.42. The van der Waals surface area contributed by atoms with Crippen LogP contribution in [-0.2, 0) is 37.2 Å². The molecule has 0 bridgehead atoms. The number of aromatic nitrogens is 3. The normalized spacial score (nSPS) is 19.4. The highest BCUT2D eigenvalue weighted by Crippen LogP contribution is 2.45. The van der Waals surface area contributed by atoms with E-state index in [9.17, 15) is 18.9 Å². The maximum absolute atomic E-state index is 13.6. The summed E-state index contributed by atoms with van der Waals surface area (Å²) in [6.07, 6.45) is 7.89. The van der Waals surface area contributed by atoms with Gasteiger partial charge in [-0.15, -0.1) is 0 Å². The Morgan fingerprint density at radius 3 is 2.37 bits per heavy atom. The van der Waals surface area contributed by atoms with E-state index in [1.807, 2.05) is 44.2 Å². The van der Waals surface area contributed by atoms with Gasteiger partial charge in [0.15, 0.2) is 0 Å². The Morgan fingerprint density at radius 2 is 1.66 bits per heavy atom. The molecular formula is C50H60BrN10O5P. The predicted molar refractivity (Wildman–Crippen MR) is 270 cm³/mol. The van der Waals surface area contributed by atoms with Crippen molar-refractivity contribution in [3.8, 4) is 5.75 Å². The molecule has 352 valence electrons. The fraction of sp³-hybridized carbons (Fsp3) is 0.440. The fourth-order valence-electron chi connectivity index (χ4n) is 10.3. The summed E-state index contributed by atoms with van der Waals surface area (Å²) < 4.78 is 20.2. The number of fused-ring (bicyclic) bond motifs is 2. The quantitative estimate of drug-likeness (QED) is 0.0793. The average Bonchev–Trinajstić information content (AvgIpc) is 3.51. The molecule has 1 unspecified atom stereocenters. The van der Waals surface area contributed by atoms with Gasteiger partial charge in [0.25, 0.3) is 0 Å². The van der Waals surface area contributed by atoms with Crippen LogP contribution in [0, 0.1) is 0 Å². The number of piperidine rings is 2. The van der Waals surface area contributed by atoms with Crippen LogP contribution in [0.2, 0.25) is 0 Å². The summed E-state index contributed by atoms with van der Waals surface area (Å²) >= 11 is 3.61. The number of carbonyl (C=O) groups excluding carboxylic acids is 3. The number of pyridine rings is 1. The third-order valence-corrected chi connectivity index (χ3v) is 16.2. The molecule has 6 heterocycles. The van der Waals surface area contributed by atoms with Crippen molar-refractivity contribution in [3.05, 3.63) is 88.2 Å². The SMILES string of the molecule is CCc1cc(Nc2ncc(Br)c(Nc3cnc4ccccc4c3P(C)(C)=O)n2)c(OC)cc1N1CCC(N2CCN(CCc3ccc4c(c3)C(C)(C)C(=O)N4C3CCC(=O)NC3=O)CC2)CC1. The average molecular weight is 992 g/mol. The van der Waals surface area contributed by atoms with Gasteiger partial charge in [-0.3, -0.25) is 34.5 Å². The monoisotopic (exact) mass is 990 g/mol. The minimum absolute atomic E-state index is 0.0946. The van der Waals surface area contributed by atoms with Crippen LogP contribution in [0.4, 0.5) is 34.5 Å². The van der Waals surface area contributed by atoms with Gasteiger partial charge in [0.2, 0.25) is 23.7 Å². The van der Waals surface area contributed by atoms with Gasteiger partial charge in [0, 0.05) is 92.6 Å². The number of imide groups is 1. The number of carbonyl (C=O) groups is 3. The zero-order chi connectivity index (χ0) is 47.2. The molecule has 9 rings (SSSR count). The lowest BCUT2D eigenvalue weighted by Gasteiger charge is -2.43. The van der Waals surface area contributed by atoms with E-state index in [2.05, 4.69) is 87.7 Å². The standard InChI is InChI=1S/C50H60BrN10O5P/c1-7-32-27-38(55-49-53-29-36(51)46(57-49)54-39-30-52-37-11-9-8-10-34(37)45(39)67(5,6)65)43(66-4)28-42(32)60-20-17-33(18-21-60)59-24-22-58(23-25-59)19-16-31-12-13-40-35(26-31)50(2,3)48(64)61(40)41-14-15-44(62)56-47(41)63/h8-13,26-30,33,41H,7,14-25H2,1-6H3,(H,56,62,63)(H2,53,54,55,57). The Labute approximate surface area is 400 Å². The van der Waals surface area contributed by atoms with E-state index in [1.165, 1.54) is 16.8 Å². The van der Waals surface area contributed by atoms with Crippen LogP contribution < -0.4 is 35.8 Å². The van der Waals surface area contributed by atoms with Crippen molar-refractivity contribution in [2.24, 2.45) is 0 Å². The van der Waals surface area contributed by atoms with Gasteiger partial charge in [0.05, 0.1) is 40.1 Å². The number of rotatable bonds is 13. The van der Waals surface area contributed by atoms with Crippen molar-refractivity contribution in [2.45, 2.75) is 76.8 Å². The molecule has 0 aliphatic carbocycles. The number of piperazine rings is 1. The Morgan fingerprint density at radius 1 is 0.896 bits per heavy atom. The van der Waals surface area contributed by atoms with Crippen molar-refractivity contribution < 1.29 is 23.7 Å². The van der Waals surface area contributed by atoms with E-state index >= 15 is 0 Å². The molecule has 3 N–H and O–H groups in total.